The lowest BCUT2D eigenvalue weighted by Crippen LogP contribution is -2.46. The Morgan fingerprint density at radius 2 is 1.93 bits per heavy atom. The van der Waals surface area contributed by atoms with Crippen molar-refractivity contribution in [2.45, 2.75) is 37.1 Å². The summed E-state index contributed by atoms with van der Waals surface area (Å²) in [7, 11) is 0. The number of hydrogen-bond acceptors (Lipinski definition) is 6. The summed E-state index contributed by atoms with van der Waals surface area (Å²) in [4.78, 5) is 0. The number of epoxide rings is 1. The molecular formula is C9H16O6. The van der Waals surface area contributed by atoms with Gasteiger partial charge in [0.15, 0.2) is 0 Å². The van der Waals surface area contributed by atoms with E-state index in [9.17, 15) is 15.3 Å². The summed E-state index contributed by atoms with van der Waals surface area (Å²) in [5, 5.41) is 46.3. The van der Waals surface area contributed by atoms with Gasteiger partial charge in [-0.3, -0.25) is 0 Å². The van der Waals surface area contributed by atoms with E-state index in [4.69, 9.17) is 10.2 Å². The Kier molecular flexibility index (Phi) is 3.20. The Balaban J connectivity index is 2.68. The van der Waals surface area contributed by atoms with Crippen molar-refractivity contribution in [2.24, 2.45) is 0 Å². The van der Waals surface area contributed by atoms with Gasteiger partial charge >= 0.3 is 0 Å². The molecule has 0 aromatic heterocycles. The third-order valence-corrected chi connectivity index (χ3v) is 2.34. The lowest BCUT2D eigenvalue weighted by Gasteiger charge is -2.20. The molecule has 1 unspecified atom stereocenters. The second-order valence-electron chi connectivity index (χ2n) is 3.91. The van der Waals surface area contributed by atoms with E-state index in [-0.39, 0.29) is 6.42 Å². The van der Waals surface area contributed by atoms with Gasteiger partial charge in [0.25, 0.3) is 5.79 Å². The van der Waals surface area contributed by atoms with Crippen LogP contribution in [0.3, 0.4) is 0 Å². The SMILES string of the molecule is C=C(C)CC1(O)O[C@@]1(O)[C@@H](O)[C@H](O)CO. The first-order valence-corrected chi connectivity index (χ1v) is 4.53. The molecule has 0 spiro atoms. The van der Waals surface area contributed by atoms with Crippen LogP contribution >= 0.6 is 0 Å². The molecule has 15 heavy (non-hydrogen) atoms. The van der Waals surface area contributed by atoms with Crippen LogP contribution in [0.15, 0.2) is 12.2 Å². The van der Waals surface area contributed by atoms with Crippen LogP contribution in [0.1, 0.15) is 13.3 Å². The van der Waals surface area contributed by atoms with Crippen molar-refractivity contribution in [1.29, 1.82) is 0 Å². The Morgan fingerprint density at radius 1 is 1.40 bits per heavy atom. The van der Waals surface area contributed by atoms with Gasteiger partial charge in [0.1, 0.15) is 12.2 Å². The summed E-state index contributed by atoms with van der Waals surface area (Å²) in [6.07, 6.45) is -3.40. The fourth-order valence-corrected chi connectivity index (χ4v) is 1.46. The van der Waals surface area contributed by atoms with Gasteiger partial charge in [-0.25, -0.2) is 0 Å². The highest BCUT2D eigenvalue weighted by atomic mass is 16.8. The maximum absolute atomic E-state index is 9.65. The van der Waals surface area contributed by atoms with Crippen LogP contribution in [-0.2, 0) is 4.74 Å². The predicted molar refractivity (Wildman–Crippen MR) is 49.5 cm³/mol. The first-order valence-electron chi connectivity index (χ1n) is 4.53. The standard InChI is InChI=1S/C9H16O6/c1-5(2)3-8(13)9(14,15-8)7(12)6(11)4-10/h6-7,10-14H,1,3-4H2,2H3/t6-,7+,8?,9+/m1/s1. The number of rotatable bonds is 5. The fourth-order valence-electron chi connectivity index (χ4n) is 1.46. The van der Waals surface area contributed by atoms with Crippen molar-refractivity contribution in [1.82, 2.24) is 0 Å². The van der Waals surface area contributed by atoms with Gasteiger partial charge in [-0.05, 0) is 6.92 Å². The number of aliphatic hydroxyl groups excluding tert-OH is 3. The molecule has 0 aromatic carbocycles. The van der Waals surface area contributed by atoms with Crippen LogP contribution in [-0.4, -0.2) is 55.9 Å². The van der Waals surface area contributed by atoms with Crippen LogP contribution in [0.2, 0.25) is 0 Å². The zero-order valence-electron chi connectivity index (χ0n) is 8.42. The van der Waals surface area contributed by atoms with Crippen LogP contribution in [0.5, 0.6) is 0 Å². The normalized spacial score (nSPS) is 38.5. The zero-order valence-corrected chi connectivity index (χ0v) is 8.42. The van der Waals surface area contributed by atoms with E-state index < -0.39 is 30.4 Å². The summed E-state index contributed by atoms with van der Waals surface area (Å²) in [5.41, 5.74) is 0.555. The highest BCUT2D eigenvalue weighted by Gasteiger charge is 2.74. The summed E-state index contributed by atoms with van der Waals surface area (Å²) >= 11 is 0. The molecule has 1 fully saturated rings. The minimum Gasteiger partial charge on any atom is -0.394 e. The maximum Gasteiger partial charge on any atom is 0.253 e. The molecule has 1 aliphatic rings. The molecule has 88 valence electrons. The molecule has 0 aromatic rings. The molecule has 0 amide bonds. The Bertz CT molecular complexity index is 267. The summed E-state index contributed by atoms with van der Waals surface area (Å²) in [6, 6.07) is 0. The van der Waals surface area contributed by atoms with E-state index in [1.165, 1.54) is 0 Å². The second-order valence-corrected chi connectivity index (χ2v) is 3.91. The monoisotopic (exact) mass is 220 g/mol. The summed E-state index contributed by atoms with van der Waals surface area (Å²) < 4.78 is 4.62. The van der Waals surface area contributed by atoms with Crippen LogP contribution in [0.4, 0.5) is 0 Å². The fraction of sp³-hybridized carbons (Fsp3) is 0.778. The number of hydrogen-bond donors (Lipinski definition) is 5. The quantitative estimate of drug-likeness (QED) is 0.272. The average molecular weight is 220 g/mol. The number of ether oxygens (including phenoxy) is 1. The number of aliphatic hydroxyl groups is 5. The zero-order chi connectivity index (χ0) is 11.9. The van der Waals surface area contributed by atoms with Crippen LogP contribution < -0.4 is 0 Å². The predicted octanol–water partition coefficient (Wildman–Crippen LogP) is -1.93. The molecule has 0 bridgehead atoms. The van der Waals surface area contributed by atoms with Crippen molar-refractivity contribution in [3.05, 3.63) is 12.2 Å². The molecule has 4 atom stereocenters. The van der Waals surface area contributed by atoms with Gasteiger partial charge in [0.05, 0.1) is 6.61 Å². The molecule has 1 rings (SSSR count). The Hall–Kier alpha value is -0.500. The van der Waals surface area contributed by atoms with E-state index in [1.807, 2.05) is 0 Å². The molecular weight excluding hydrogens is 204 g/mol. The molecule has 0 aliphatic carbocycles. The van der Waals surface area contributed by atoms with Crippen LogP contribution in [0.25, 0.3) is 0 Å². The van der Waals surface area contributed by atoms with Crippen molar-refractivity contribution >= 4 is 0 Å². The first kappa shape index (κ1) is 12.6. The lowest BCUT2D eigenvalue weighted by molar-refractivity contribution is -0.136. The van der Waals surface area contributed by atoms with E-state index in [2.05, 4.69) is 11.3 Å². The van der Waals surface area contributed by atoms with Gasteiger partial charge in [-0.2, -0.15) is 0 Å². The largest absolute Gasteiger partial charge is 0.394 e. The molecule has 1 heterocycles. The summed E-state index contributed by atoms with van der Waals surface area (Å²) in [5.74, 6) is -4.18. The Morgan fingerprint density at radius 3 is 2.33 bits per heavy atom. The average Bonchev–Trinajstić information content (AvgIpc) is 2.66. The van der Waals surface area contributed by atoms with E-state index >= 15 is 0 Å². The Labute approximate surface area is 87.0 Å². The molecule has 5 N–H and O–H groups in total. The van der Waals surface area contributed by atoms with Gasteiger partial charge in [-0.15, -0.1) is 0 Å². The third kappa shape index (κ3) is 2.05. The molecule has 0 radical (unpaired) electrons. The third-order valence-electron chi connectivity index (χ3n) is 2.34. The minimum atomic E-state index is -2.24. The molecule has 6 nitrogen and oxygen atoms in total. The topological polar surface area (TPSA) is 114 Å². The van der Waals surface area contributed by atoms with Crippen molar-refractivity contribution in [3.63, 3.8) is 0 Å². The van der Waals surface area contributed by atoms with Crippen molar-refractivity contribution < 1.29 is 30.3 Å². The van der Waals surface area contributed by atoms with E-state index in [0.29, 0.717) is 5.57 Å². The van der Waals surface area contributed by atoms with Gasteiger partial charge in [0, 0.05) is 6.42 Å². The van der Waals surface area contributed by atoms with Crippen molar-refractivity contribution in [3.8, 4) is 0 Å². The highest BCUT2D eigenvalue weighted by Crippen LogP contribution is 2.50. The molecule has 6 heteroatoms. The van der Waals surface area contributed by atoms with Gasteiger partial charge in [0.2, 0.25) is 5.79 Å². The van der Waals surface area contributed by atoms with E-state index in [1.54, 1.807) is 6.92 Å². The smallest absolute Gasteiger partial charge is 0.253 e. The second kappa shape index (κ2) is 3.82. The van der Waals surface area contributed by atoms with Gasteiger partial charge < -0.3 is 30.3 Å². The van der Waals surface area contributed by atoms with Crippen molar-refractivity contribution in [2.75, 3.05) is 6.61 Å². The summed E-state index contributed by atoms with van der Waals surface area (Å²) in [6.45, 7) is 4.41. The van der Waals surface area contributed by atoms with E-state index in [0.717, 1.165) is 0 Å². The molecule has 1 saturated heterocycles. The first-order chi connectivity index (χ1) is 6.77. The molecule has 1 aliphatic heterocycles. The minimum absolute atomic E-state index is 0.0568. The lowest BCUT2D eigenvalue weighted by atomic mass is 9.99. The highest BCUT2D eigenvalue weighted by molar-refractivity contribution is 5.12. The molecule has 0 saturated carbocycles. The van der Waals surface area contributed by atoms with Crippen LogP contribution in [0, 0.1) is 0 Å². The maximum atomic E-state index is 9.65. The van der Waals surface area contributed by atoms with Gasteiger partial charge in [-0.1, -0.05) is 12.2 Å².